The van der Waals surface area contributed by atoms with Gasteiger partial charge in [0.15, 0.2) is 5.78 Å². The predicted molar refractivity (Wildman–Crippen MR) is 148 cm³/mol. The predicted octanol–water partition coefficient (Wildman–Crippen LogP) is 2.65. The minimum Gasteiger partial charge on any atom is -0.379 e. The number of nitrogens with two attached hydrogens (primary N) is 1. The van der Waals surface area contributed by atoms with Crippen LogP contribution in [0.2, 0.25) is 0 Å². The number of hydrazine groups is 1. The molecule has 12 heteroatoms. The molecule has 1 unspecified atom stereocenters. The van der Waals surface area contributed by atoms with E-state index in [2.05, 4.69) is 15.1 Å². The number of hydrogen-bond acceptors (Lipinski definition) is 8. The number of likely N-dealkylation sites (N-methyl/N-ethyl adjacent to an activating group) is 1. The van der Waals surface area contributed by atoms with Gasteiger partial charge in [-0.3, -0.25) is 14.7 Å². The van der Waals surface area contributed by atoms with Gasteiger partial charge in [-0.05, 0) is 45.1 Å². The smallest absolute Gasteiger partial charge is 0.334 e. The first-order valence-corrected chi connectivity index (χ1v) is 13.9. The van der Waals surface area contributed by atoms with Crippen molar-refractivity contribution in [1.29, 1.82) is 0 Å². The van der Waals surface area contributed by atoms with E-state index in [1.165, 1.54) is 16.3 Å². The second kappa shape index (κ2) is 10.2. The Morgan fingerprint density at radius 2 is 1.92 bits per heavy atom. The summed E-state index contributed by atoms with van der Waals surface area (Å²) in [5.41, 5.74) is 8.80. The summed E-state index contributed by atoms with van der Waals surface area (Å²) in [4.78, 5) is 45.3. The molecule has 2 aromatic heterocycles. The lowest BCUT2D eigenvalue weighted by Crippen LogP contribution is -2.54. The Morgan fingerprint density at radius 1 is 1.13 bits per heavy atom. The number of aromatic nitrogens is 2. The SMILES string of the molecule is CN(C)C1CCCN(C(=O)c2ccc(-c3[nH]nc4c3C(=O)c3c-4cccc3N(C(N)=O)N3CCOCC3)s2)C1. The van der Waals surface area contributed by atoms with E-state index < -0.39 is 6.03 Å². The number of amides is 3. The van der Waals surface area contributed by atoms with E-state index in [-0.39, 0.29) is 11.7 Å². The molecular weight excluding hydrogens is 518 g/mol. The topological polar surface area (TPSA) is 128 Å². The largest absolute Gasteiger partial charge is 0.379 e. The number of nitrogens with zero attached hydrogens (tertiary/aromatic N) is 5. The number of ketones is 1. The van der Waals surface area contributed by atoms with Gasteiger partial charge in [0, 0.05) is 37.8 Å². The molecule has 3 aromatic rings. The van der Waals surface area contributed by atoms with Crippen LogP contribution < -0.4 is 10.7 Å². The van der Waals surface area contributed by atoms with E-state index in [0.29, 0.717) is 77.5 Å². The second-order valence-electron chi connectivity index (χ2n) is 10.2. The van der Waals surface area contributed by atoms with E-state index in [0.717, 1.165) is 24.3 Å². The molecule has 0 radical (unpaired) electrons. The van der Waals surface area contributed by atoms with Crippen LogP contribution in [-0.4, -0.2) is 102 Å². The number of likely N-dealkylation sites (tertiary alicyclic amines) is 1. The Balaban J connectivity index is 1.31. The van der Waals surface area contributed by atoms with Gasteiger partial charge in [0.05, 0.1) is 45.5 Å². The van der Waals surface area contributed by atoms with Crippen LogP contribution in [0.25, 0.3) is 21.8 Å². The highest BCUT2D eigenvalue weighted by Gasteiger charge is 2.38. The fraction of sp³-hybridized carbons (Fsp3) is 0.407. The van der Waals surface area contributed by atoms with Crippen LogP contribution in [0.4, 0.5) is 10.5 Å². The number of urea groups is 1. The number of rotatable bonds is 5. The number of primary amides is 1. The standard InChI is InChI=1S/C27H31N7O4S/c1-31(2)16-5-4-10-32(15-16)26(36)20-9-8-19(39-20)24-22-23(29-30-24)17-6-3-7-18(21(17)25(22)35)34(27(28)37)33-11-13-38-14-12-33/h3,6-9,16H,4-5,10-15H2,1-2H3,(H2,28,37)(H,29,30). The molecule has 6 rings (SSSR count). The summed E-state index contributed by atoms with van der Waals surface area (Å²) in [5.74, 6) is -0.224. The quantitative estimate of drug-likeness (QED) is 0.392. The number of carbonyl (C=O) groups excluding carboxylic acids is 3. The van der Waals surface area contributed by atoms with Crippen LogP contribution in [0.15, 0.2) is 30.3 Å². The first-order chi connectivity index (χ1) is 18.8. The zero-order valence-electron chi connectivity index (χ0n) is 22.0. The summed E-state index contributed by atoms with van der Waals surface area (Å²) in [6, 6.07) is 8.71. The lowest BCUT2D eigenvalue weighted by atomic mass is 10.0. The molecule has 204 valence electrons. The highest BCUT2D eigenvalue weighted by atomic mass is 32.1. The van der Waals surface area contributed by atoms with E-state index in [9.17, 15) is 14.4 Å². The van der Waals surface area contributed by atoms with Gasteiger partial charge in [-0.1, -0.05) is 12.1 Å². The lowest BCUT2D eigenvalue weighted by molar-refractivity contribution is 0.0364. The molecule has 1 atom stereocenters. The van der Waals surface area contributed by atoms with Crippen LogP contribution >= 0.6 is 11.3 Å². The minimum absolute atomic E-state index is 0.00784. The molecule has 3 amide bonds. The van der Waals surface area contributed by atoms with Gasteiger partial charge in [0.2, 0.25) is 0 Å². The minimum atomic E-state index is -0.667. The van der Waals surface area contributed by atoms with Crippen molar-refractivity contribution in [3.63, 3.8) is 0 Å². The Morgan fingerprint density at radius 3 is 2.67 bits per heavy atom. The maximum absolute atomic E-state index is 13.9. The van der Waals surface area contributed by atoms with E-state index in [1.54, 1.807) is 17.1 Å². The van der Waals surface area contributed by atoms with Crippen LogP contribution in [0.3, 0.4) is 0 Å². The van der Waals surface area contributed by atoms with Gasteiger partial charge in [0.1, 0.15) is 5.69 Å². The molecule has 0 spiro atoms. The molecule has 3 N–H and O–H groups in total. The number of benzene rings is 1. The fourth-order valence-electron chi connectivity index (χ4n) is 5.68. The summed E-state index contributed by atoms with van der Waals surface area (Å²) in [7, 11) is 4.09. The molecule has 2 saturated heterocycles. The number of fused-ring (bicyclic) bond motifs is 3. The zero-order chi connectivity index (χ0) is 27.3. The van der Waals surface area contributed by atoms with E-state index in [1.807, 2.05) is 37.2 Å². The van der Waals surface area contributed by atoms with Crippen LogP contribution in [0.5, 0.6) is 0 Å². The maximum atomic E-state index is 13.9. The number of anilines is 1. The first kappa shape index (κ1) is 25.7. The van der Waals surface area contributed by atoms with Gasteiger partial charge in [-0.25, -0.2) is 14.8 Å². The average molecular weight is 550 g/mol. The second-order valence-corrected chi connectivity index (χ2v) is 11.3. The molecular formula is C27H31N7O4S. The Hall–Kier alpha value is -3.58. The van der Waals surface area contributed by atoms with Crippen molar-refractivity contribution < 1.29 is 19.1 Å². The monoisotopic (exact) mass is 549 g/mol. The summed E-state index contributed by atoms with van der Waals surface area (Å²) < 4.78 is 5.43. The normalized spacial score (nSPS) is 19.3. The highest BCUT2D eigenvalue weighted by molar-refractivity contribution is 7.17. The van der Waals surface area contributed by atoms with Crippen LogP contribution in [-0.2, 0) is 4.74 Å². The van der Waals surface area contributed by atoms with E-state index >= 15 is 0 Å². The number of carbonyl (C=O) groups is 3. The Bertz CT molecular complexity index is 1440. The number of morpholine rings is 1. The number of hydrogen-bond donors (Lipinski definition) is 2. The molecule has 1 aliphatic carbocycles. The van der Waals surface area contributed by atoms with Crippen molar-refractivity contribution in [1.82, 2.24) is 25.0 Å². The maximum Gasteiger partial charge on any atom is 0.334 e. The molecule has 0 bridgehead atoms. The number of piperidine rings is 1. The molecule has 2 fully saturated rings. The van der Waals surface area contributed by atoms with Crippen molar-refractivity contribution in [3.8, 4) is 21.8 Å². The summed E-state index contributed by atoms with van der Waals surface area (Å²) in [6.45, 7) is 3.34. The van der Waals surface area contributed by atoms with Gasteiger partial charge in [0.25, 0.3) is 5.91 Å². The highest BCUT2D eigenvalue weighted by Crippen LogP contribution is 2.45. The molecule has 2 aliphatic heterocycles. The Labute approximate surface area is 230 Å². The number of H-pyrrole nitrogens is 1. The van der Waals surface area contributed by atoms with Crippen molar-refractivity contribution in [2.75, 3.05) is 58.5 Å². The number of ether oxygens (including phenoxy) is 1. The van der Waals surface area contributed by atoms with Gasteiger partial charge in [-0.15, -0.1) is 11.3 Å². The number of nitrogens with one attached hydrogen (secondary N) is 1. The number of thiophene rings is 1. The van der Waals surface area contributed by atoms with Crippen molar-refractivity contribution in [2.24, 2.45) is 5.73 Å². The van der Waals surface area contributed by atoms with Crippen molar-refractivity contribution in [2.45, 2.75) is 18.9 Å². The average Bonchev–Trinajstić information content (AvgIpc) is 3.66. The first-order valence-electron chi connectivity index (χ1n) is 13.1. The third kappa shape index (κ3) is 4.42. The van der Waals surface area contributed by atoms with Crippen LogP contribution in [0, 0.1) is 0 Å². The molecule has 1 aromatic carbocycles. The molecule has 4 heterocycles. The molecule has 0 saturated carbocycles. The number of aromatic amines is 1. The van der Waals surface area contributed by atoms with Crippen molar-refractivity contribution >= 4 is 34.7 Å². The van der Waals surface area contributed by atoms with Gasteiger partial charge in [-0.2, -0.15) is 5.10 Å². The molecule has 39 heavy (non-hydrogen) atoms. The lowest BCUT2D eigenvalue weighted by Gasteiger charge is -2.36. The molecule has 11 nitrogen and oxygen atoms in total. The fourth-order valence-corrected chi connectivity index (χ4v) is 6.66. The van der Waals surface area contributed by atoms with Gasteiger partial charge >= 0.3 is 6.03 Å². The third-order valence-corrected chi connectivity index (χ3v) is 8.79. The van der Waals surface area contributed by atoms with E-state index in [4.69, 9.17) is 10.5 Å². The van der Waals surface area contributed by atoms with Crippen molar-refractivity contribution in [3.05, 3.63) is 46.3 Å². The third-order valence-electron chi connectivity index (χ3n) is 7.70. The summed E-state index contributed by atoms with van der Waals surface area (Å²) >= 11 is 1.35. The van der Waals surface area contributed by atoms with Gasteiger partial charge < -0.3 is 20.3 Å². The Kier molecular flexibility index (Phi) is 6.71. The molecule has 3 aliphatic rings. The zero-order valence-corrected chi connectivity index (χ0v) is 22.8. The summed E-state index contributed by atoms with van der Waals surface area (Å²) in [5, 5.41) is 10.7. The summed E-state index contributed by atoms with van der Waals surface area (Å²) in [6.07, 6.45) is 2.05. The van der Waals surface area contributed by atoms with Crippen LogP contribution in [0.1, 0.15) is 38.4 Å².